The summed E-state index contributed by atoms with van der Waals surface area (Å²) in [6.07, 6.45) is 6.03. The standard InChI is InChI=1S/C19H22N6OS/c1-12-18(13(2)24-23-12)27-17-6-4-3-5-16(17)22-19(26)21-10-15-9-20-11-25(15)14-7-8-14/h3-6,9,11,14H,7-8,10H2,1-2H3,(H,23,24)(H2,21,22,26). The van der Waals surface area contributed by atoms with Crippen LogP contribution in [0.25, 0.3) is 0 Å². The third kappa shape index (κ3) is 4.00. The molecule has 140 valence electrons. The lowest BCUT2D eigenvalue weighted by molar-refractivity contribution is 0.251. The first-order chi connectivity index (χ1) is 13.1. The monoisotopic (exact) mass is 382 g/mol. The molecule has 1 aliphatic rings. The third-order valence-electron chi connectivity index (χ3n) is 4.52. The van der Waals surface area contributed by atoms with Crippen molar-refractivity contribution < 1.29 is 4.79 Å². The highest BCUT2D eigenvalue weighted by molar-refractivity contribution is 7.99. The first kappa shape index (κ1) is 17.7. The number of aromatic nitrogens is 4. The maximum atomic E-state index is 12.4. The van der Waals surface area contributed by atoms with Crippen LogP contribution in [0.5, 0.6) is 0 Å². The summed E-state index contributed by atoms with van der Waals surface area (Å²) >= 11 is 1.60. The van der Waals surface area contributed by atoms with Gasteiger partial charge in [-0.05, 0) is 38.8 Å². The van der Waals surface area contributed by atoms with Gasteiger partial charge in [0.25, 0.3) is 0 Å². The van der Waals surface area contributed by atoms with Crippen LogP contribution in [-0.4, -0.2) is 25.8 Å². The Kier molecular flexibility index (Phi) is 4.89. The van der Waals surface area contributed by atoms with Crippen molar-refractivity contribution in [1.29, 1.82) is 0 Å². The van der Waals surface area contributed by atoms with Crippen LogP contribution in [0.3, 0.4) is 0 Å². The molecule has 0 unspecified atom stereocenters. The van der Waals surface area contributed by atoms with E-state index in [2.05, 4.69) is 30.4 Å². The lowest BCUT2D eigenvalue weighted by atomic mass is 10.3. The number of carbonyl (C=O) groups is 1. The Bertz CT molecular complexity index is 939. The maximum Gasteiger partial charge on any atom is 0.319 e. The van der Waals surface area contributed by atoms with Crippen molar-refractivity contribution in [3.8, 4) is 0 Å². The Hall–Kier alpha value is -2.74. The van der Waals surface area contributed by atoms with Gasteiger partial charge < -0.3 is 15.2 Å². The lowest BCUT2D eigenvalue weighted by Gasteiger charge is -2.12. The minimum Gasteiger partial charge on any atom is -0.332 e. The summed E-state index contributed by atoms with van der Waals surface area (Å²) in [7, 11) is 0. The van der Waals surface area contributed by atoms with Crippen LogP contribution in [0, 0.1) is 13.8 Å². The van der Waals surface area contributed by atoms with Gasteiger partial charge in [-0.3, -0.25) is 5.10 Å². The fourth-order valence-corrected chi connectivity index (χ4v) is 3.94. The van der Waals surface area contributed by atoms with Crippen molar-refractivity contribution in [2.24, 2.45) is 0 Å². The molecular formula is C19H22N6OS. The molecule has 27 heavy (non-hydrogen) atoms. The lowest BCUT2D eigenvalue weighted by Crippen LogP contribution is -2.29. The number of urea groups is 1. The van der Waals surface area contributed by atoms with E-state index in [1.165, 1.54) is 12.8 Å². The van der Waals surface area contributed by atoms with Gasteiger partial charge in [0.2, 0.25) is 0 Å². The van der Waals surface area contributed by atoms with Gasteiger partial charge in [-0.15, -0.1) is 0 Å². The summed E-state index contributed by atoms with van der Waals surface area (Å²) in [6, 6.07) is 8.09. The predicted octanol–water partition coefficient (Wildman–Crippen LogP) is 4.03. The fourth-order valence-electron chi connectivity index (χ4n) is 2.95. The number of benzene rings is 1. The SMILES string of the molecule is Cc1n[nH]c(C)c1Sc1ccccc1NC(=O)NCc1cncn1C1CC1. The largest absolute Gasteiger partial charge is 0.332 e. The number of amides is 2. The summed E-state index contributed by atoms with van der Waals surface area (Å²) in [5, 5.41) is 13.1. The van der Waals surface area contributed by atoms with Gasteiger partial charge in [-0.1, -0.05) is 23.9 Å². The minimum atomic E-state index is -0.229. The fraction of sp³-hybridized carbons (Fsp3) is 0.316. The Balaban J connectivity index is 1.41. The molecule has 0 spiro atoms. The molecule has 2 heterocycles. The molecule has 2 aromatic heterocycles. The molecular weight excluding hydrogens is 360 g/mol. The molecule has 4 rings (SSSR count). The van der Waals surface area contributed by atoms with Crippen molar-refractivity contribution in [2.45, 2.75) is 49.1 Å². The number of para-hydroxylation sites is 1. The summed E-state index contributed by atoms with van der Waals surface area (Å²) < 4.78 is 2.15. The zero-order valence-electron chi connectivity index (χ0n) is 15.3. The topological polar surface area (TPSA) is 87.6 Å². The summed E-state index contributed by atoms with van der Waals surface area (Å²) in [6.45, 7) is 4.42. The molecule has 0 bridgehead atoms. The van der Waals surface area contributed by atoms with Crippen molar-refractivity contribution in [3.05, 3.63) is 53.9 Å². The van der Waals surface area contributed by atoms with Crippen LogP contribution in [-0.2, 0) is 6.54 Å². The number of carbonyl (C=O) groups excluding carboxylic acids is 1. The van der Waals surface area contributed by atoms with E-state index in [0.29, 0.717) is 12.6 Å². The molecule has 3 aromatic rings. The first-order valence-electron chi connectivity index (χ1n) is 8.96. The predicted molar refractivity (Wildman–Crippen MR) is 105 cm³/mol. The second-order valence-electron chi connectivity index (χ2n) is 6.69. The maximum absolute atomic E-state index is 12.4. The number of rotatable bonds is 6. The molecule has 7 nitrogen and oxygen atoms in total. The number of anilines is 1. The molecule has 0 aliphatic heterocycles. The van der Waals surface area contributed by atoms with Crippen LogP contribution in [0.1, 0.15) is 36.0 Å². The summed E-state index contributed by atoms with van der Waals surface area (Å²) in [5.41, 5.74) is 3.77. The molecule has 8 heteroatoms. The van der Waals surface area contributed by atoms with Crippen LogP contribution < -0.4 is 10.6 Å². The Morgan fingerprint density at radius 2 is 2.15 bits per heavy atom. The molecule has 1 aliphatic carbocycles. The average Bonchev–Trinajstić information content (AvgIpc) is 3.32. The van der Waals surface area contributed by atoms with E-state index in [1.807, 2.05) is 50.6 Å². The summed E-state index contributed by atoms with van der Waals surface area (Å²) in [4.78, 5) is 18.7. The van der Waals surface area contributed by atoms with E-state index in [9.17, 15) is 4.79 Å². The molecule has 0 atom stereocenters. The van der Waals surface area contributed by atoms with Gasteiger partial charge in [0.05, 0.1) is 34.8 Å². The van der Waals surface area contributed by atoms with E-state index in [0.717, 1.165) is 32.6 Å². The zero-order chi connectivity index (χ0) is 18.8. The number of aryl methyl sites for hydroxylation is 2. The minimum absolute atomic E-state index is 0.229. The molecule has 1 aromatic carbocycles. The molecule has 0 radical (unpaired) electrons. The van der Waals surface area contributed by atoms with E-state index in [4.69, 9.17) is 0 Å². The molecule has 1 saturated carbocycles. The van der Waals surface area contributed by atoms with Crippen molar-refractivity contribution in [2.75, 3.05) is 5.32 Å². The summed E-state index contributed by atoms with van der Waals surface area (Å²) in [5.74, 6) is 0. The van der Waals surface area contributed by atoms with Gasteiger partial charge in [0.1, 0.15) is 0 Å². The molecule has 3 N–H and O–H groups in total. The van der Waals surface area contributed by atoms with Crippen molar-refractivity contribution >= 4 is 23.5 Å². The van der Waals surface area contributed by atoms with E-state index in [-0.39, 0.29) is 6.03 Å². The third-order valence-corrected chi connectivity index (χ3v) is 5.91. The van der Waals surface area contributed by atoms with Gasteiger partial charge >= 0.3 is 6.03 Å². The van der Waals surface area contributed by atoms with Gasteiger partial charge in [-0.25, -0.2) is 9.78 Å². The number of nitrogens with zero attached hydrogens (tertiary/aromatic N) is 3. The second-order valence-corrected chi connectivity index (χ2v) is 7.74. The normalized spacial score (nSPS) is 13.6. The zero-order valence-corrected chi connectivity index (χ0v) is 16.1. The quantitative estimate of drug-likeness (QED) is 0.601. The Morgan fingerprint density at radius 1 is 1.33 bits per heavy atom. The van der Waals surface area contributed by atoms with Crippen molar-refractivity contribution in [1.82, 2.24) is 25.1 Å². The number of imidazole rings is 1. The first-order valence-corrected chi connectivity index (χ1v) is 9.77. The highest BCUT2D eigenvalue weighted by Gasteiger charge is 2.25. The Labute approximate surface area is 162 Å². The smallest absolute Gasteiger partial charge is 0.319 e. The van der Waals surface area contributed by atoms with Crippen LogP contribution in [0.15, 0.2) is 46.6 Å². The van der Waals surface area contributed by atoms with Crippen LogP contribution in [0.4, 0.5) is 10.5 Å². The van der Waals surface area contributed by atoms with Gasteiger partial charge in [-0.2, -0.15) is 5.10 Å². The number of aromatic amines is 1. The van der Waals surface area contributed by atoms with Crippen LogP contribution >= 0.6 is 11.8 Å². The molecule has 0 saturated heterocycles. The van der Waals surface area contributed by atoms with E-state index >= 15 is 0 Å². The number of nitrogens with one attached hydrogen (secondary N) is 3. The number of hydrogen-bond acceptors (Lipinski definition) is 4. The molecule has 1 fully saturated rings. The highest BCUT2D eigenvalue weighted by Crippen LogP contribution is 2.36. The van der Waals surface area contributed by atoms with E-state index < -0.39 is 0 Å². The van der Waals surface area contributed by atoms with Gasteiger partial charge in [0, 0.05) is 22.8 Å². The van der Waals surface area contributed by atoms with Gasteiger partial charge in [0.15, 0.2) is 0 Å². The molecule has 2 amide bonds. The van der Waals surface area contributed by atoms with E-state index in [1.54, 1.807) is 11.8 Å². The average molecular weight is 382 g/mol. The Morgan fingerprint density at radius 3 is 2.89 bits per heavy atom. The second kappa shape index (κ2) is 7.48. The van der Waals surface area contributed by atoms with Crippen molar-refractivity contribution in [3.63, 3.8) is 0 Å². The number of H-pyrrole nitrogens is 1. The number of hydrogen-bond donors (Lipinski definition) is 3. The van der Waals surface area contributed by atoms with Crippen LogP contribution in [0.2, 0.25) is 0 Å². The highest BCUT2D eigenvalue weighted by atomic mass is 32.2.